The number of halogens is 2. The summed E-state index contributed by atoms with van der Waals surface area (Å²) in [6.07, 6.45) is 1.13. The molecule has 0 amide bonds. The summed E-state index contributed by atoms with van der Waals surface area (Å²) >= 11 is 3.29. The molecule has 0 aliphatic carbocycles. The van der Waals surface area contributed by atoms with Crippen LogP contribution in [0, 0.1) is 11.7 Å². The van der Waals surface area contributed by atoms with E-state index in [1.165, 1.54) is 6.07 Å². The molecular formula is C14H20BrFN2. The zero-order valence-electron chi connectivity index (χ0n) is 10.9. The lowest BCUT2D eigenvalue weighted by atomic mass is 10.0. The highest BCUT2D eigenvalue weighted by atomic mass is 79.9. The molecule has 0 aromatic heterocycles. The van der Waals surface area contributed by atoms with Gasteiger partial charge in [-0.05, 0) is 30.5 Å². The van der Waals surface area contributed by atoms with Crippen LogP contribution in [0.2, 0.25) is 0 Å². The molecule has 1 heterocycles. The third kappa shape index (κ3) is 3.45. The van der Waals surface area contributed by atoms with Crippen LogP contribution < -0.4 is 10.2 Å². The first-order valence-electron chi connectivity index (χ1n) is 6.49. The Bertz CT molecular complexity index is 409. The molecule has 1 aromatic rings. The second-order valence-electron chi connectivity index (χ2n) is 5.32. The Morgan fingerprint density at radius 2 is 2.28 bits per heavy atom. The molecule has 1 N–H and O–H groups in total. The largest absolute Gasteiger partial charge is 0.366 e. The van der Waals surface area contributed by atoms with Gasteiger partial charge in [-0.2, -0.15) is 0 Å². The normalized spacial score (nSPS) is 20.5. The molecule has 4 heteroatoms. The number of hydrogen-bond acceptors (Lipinski definition) is 2. The van der Waals surface area contributed by atoms with Crippen molar-refractivity contribution in [2.45, 2.75) is 26.3 Å². The molecule has 100 valence electrons. The molecule has 1 aliphatic heterocycles. The number of piperazine rings is 1. The van der Waals surface area contributed by atoms with Crippen molar-refractivity contribution in [2.75, 3.05) is 24.5 Å². The van der Waals surface area contributed by atoms with Crippen LogP contribution in [0.1, 0.15) is 20.3 Å². The number of rotatable bonds is 3. The molecule has 1 aliphatic rings. The quantitative estimate of drug-likeness (QED) is 0.919. The van der Waals surface area contributed by atoms with E-state index >= 15 is 0 Å². The van der Waals surface area contributed by atoms with Crippen molar-refractivity contribution in [3.63, 3.8) is 0 Å². The molecule has 1 aromatic carbocycles. The molecule has 1 unspecified atom stereocenters. The number of hydrogen-bond donors (Lipinski definition) is 1. The van der Waals surface area contributed by atoms with Crippen molar-refractivity contribution in [1.29, 1.82) is 0 Å². The summed E-state index contributed by atoms with van der Waals surface area (Å²) in [5.74, 6) is 0.520. The molecule has 2 nitrogen and oxygen atoms in total. The summed E-state index contributed by atoms with van der Waals surface area (Å²) in [6, 6.07) is 5.76. The molecular weight excluding hydrogens is 295 g/mol. The molecule has 0 spiro atoms. The van der Waals surface area contributed by atoms with Crippen molar-refractivity contribution in [3.05, 3.63) is 28.5 Å². The maximum Gasteiger partial charge on any atom is 0.147 e. The Balaban J connectivity index is 2.08. The van der Waals surface area contributed by atoms with Crippen molar-refractivity contribution in [2.24, 2.45) is 5.92 Å². The van der Waals surface area contributed by atoms with Gasteiger partial charge in [-0.3, -0.25) is 0 Å². The van der Waals surface area contributed by atoms with E-state index in [0.717, 1.165) is 30.5 Å². The zero-order valence-corrected chi connectivity index (χ0v) is 12.5. The Hall–Kier alpha value is -0.610. The Morgan fingerprint density at radius 1 is 1.50 bits per heavy atom. The lowest BCUT2D eigenvalue weighted by molar-refractivity contribution is 0.386. The first kappa shape index (κ1) is 13.8. The second kappa shape index (κ2) is 6.02. The Morgan fingerprint density at radius 3 is 2.94 bits per heavy atom. The maximum atomic E-state index is 13.9. The van der Waals surface area contributed by atoms with Crippen molar-refractivity contribution in [3.8, 4) is 0 Å². The minimum Gasteiger partial charge on any atom is -0.366 e. The summed E-state index contributed by atoms with van der Waals surface area (Å²) in [6.45, 7) is 7.12. The topological polar surface area (TPSA) is 15.3 Å². The van der Waals surface area contributed by atoms with Gasteiger partial charge in [0, 0.05) is 30.1 Å². The first-order chi connectivity index (χ1) is 8.56. The van der Waals surface area contributed by atoms with Crippen LogP contribution in [-0.4, -0.2) is 25.7 Å². The van der Waals surface area contributed by atoms with Crippen molar-refractivity contribution >= 4 is 21.6 Å². The van der Waals surface area contributed by atoms with Gasteiger partial charge in [-0.1, -0.05) is 29.8 Å². The van der Waals surface area contributed by atoms with Crippen LogP contribution in [0.15, 0.2) is 22.7 Å². The number of benzene rings is 1. The molecule has 2 rings (SSSR count). The summed E-state index contributed by atoms with van der Waals surface area (Å²) in [4.78, 5) is 2.14. The molecule has 0 radical (unpaired) electrons. The monoisotopic (exact) mass is 314 g/mol. The Kier molecular flexibility index (Phi) is 4.62. The van der Waals surface area contributed by atoms with Crippen LogP contribution >= 0.6 is 15.9 Å². The molecule has 1 saturated heterocycles. The average Bonchev–Trinajstić information content (AvgIpc) is 2.28. The molecule has 18 heavy (non-hydrogen) atoms. The summed E-state index contributed by atoms with van der Waals surface area (Å²) < 4.78 is 14.7. The number of anilines is 1. The van der Waals surface area contributed by atoms with Gasteiger partial charge in [-0.25, -0.2) is 4.39 Å². The SMILES string of the molecule is CC(C)CC1CN(c2ccc(Br)cc2F)CCN1. The van der Waals surface area contributed by atoms with Gasteiger partial charge < -0.3 is 10.2 Å². The fourth-order valence-electron chi connectivity index (χ4n) is 2.51. The van der Waals surface area contributed by atoms with E-state index < -0.39 is 0 Å². The van der Waals surface area contributed by atoms with Gasteiger partial charge in [0.1, 0.15) is 5.82 Å². The van der Waals surface area contributed by atoms with Crippen molar-refractivity contribution in [1.82, 2.24) is 5.32 Å². The third-order valence-corrected chi connectivity index (χ3v) is 3.76. The minimum absolute atomic E-state index is 0.144. The predicted octanol–water partition coefficient (Wildman–Crippen LogP) is 3.41. The predicted molar refractivity (Wildman–Crippen MR) is 77.6 cm³/mol. The lowest BCUT2D eigenvalue weighted by Gasteiger charge is -2.36. The summed E-state index contributed by atoms with van der Waals surface area (Å²) in [5.41, 5.74) is 0.716. The smallest absolute Gasteiger partial charge is 0.147 e. The fourth-order valence-corrected chi connectivity index (χ4v) is 2.84. The van der Waals surface area contributed by atoms with E-state index in [9.17, 15) is 4.39 Å². The highest BCUT2D eigenvalue weighted by Gasteiger charge is 2.22. The number of nitrogens with one attached hydrogen (secondary N) is 1. The van der Waals surface area contributed by atoms with E-state index in [0.29, 0.717) is 17.6 Å². The summed E-state index contributed by atoms with van der Waals surface area (Å²) in [7, 11) is 0. The highest BCUT2D eigenvalue weighted by molar-refractivity contribution is 9.10. The number of nitrogens with zero attached hydrogens (tertiary/aromatic N) is 1. The summed E-state index contributed by atoms with van der Waals surface area (Å²) in [5, 5.41) is 3.51. The van der Waals surface area contributed by atoms with Crippen LogP contribution in [0.5, 0.6) is 0 Å². The fraction of sp³-hybridized carbons (Fsp3) is 0.571. The maximum absolute atomic E-state index is 13.9. The average molecular weight is 315 g/mol. The molecule has 1 fully saturated rings. The second-order valence-corrected chi connectivity index (χ2v) is 6.24. The minimum atomic E-state index is -0.144. The molecule has 1 atom stereocenters. The van der Waals surface area contributed by atoms with Crippen LogP contribution in [0.4, 0.5) is 10.1 Å². The van der Waals surface area contributed by atoms with E-state index in [4.69, 9.17) is 0 Å². The van der Waals surface area contributed by atoms with Gasteiger partial charge >= 0.3 is 0 Å². The van der Waals surface area contributed by atoms with Gasteiger partial charge in [0.05, 0.1) is 5.69 Å². The lowest BCUT2D eigenvalue weighted by Crippen LogP contribution is -2.51. The van der Waals surface area contributed by atoms with Gasteiger partial charge in [0.25, 0.3) is 0 Å². The zero-order chi connectivity index (χ0) is 13.1. The molecule has 0 bridgehead atoms. The van der Waals surface area contributed by atoms with Gasteiger partial charge in [0.2, 0.25) is 0 Å². The van der Waals surface area contributed by atoms with Crippen LogP contribution in [-0.2, 0) is 0 Å². The van der Waals surface area contributed by atoms with E-state index in [2.05, 4.69) is 40.0 Å². The third-order valence-electron chi connectivity index (χ3n) is 3.26. The standard InChI is InChI=1S/C14H20BrFN2/c1-10(2)7-12-9-18(6-5-17-12)14-4-3-11(15)8-13(14)16/h3-4,8,10,12,17H,5-7,9H2,1-2H3. The van der Waals surface area contributed by atoms with Gasteiger partial charge in [0.15, 0.2) is 0 Å². The van der Waals surface area contributed by atoms with Crippen molar-refractivity contribution < 1.29 is 4.39 Å². The van der Waals surface area contributed by atoms with Crippen LogP contribution in [0.25, 0.3) is 0 Å². The van der Waals surface area contributed by atoms with E-state index in [-0.39, 0.29) is 5.82 Å². The van der Waals surface area contributed by atoms with E-state index in [1.54, 1.807) is 0 Å². The first-order valence-corrected chi connectivity index (χ1v) is 7.29. The molecule has 0 saturated carbocycles. The van der Waals surface area contributed by atoms with E-state index in [1.807, 2.05) is 12.1 Å². The highest BCUT2D eigenvalue weighted by Crippen LogP contribution is 2.24. The Labute approximate surface area is 117 Å². The van der Waals surface area contributed by atoms with Gasteiger partial charge in [-0.15, -0.1) is 0 Å². The van der Waals surface area contributed by atoms with Crippen LogP contribution in [0.3, 0.4) is 0 Å².